The summed E-state index contributed by atoms with van der Waals surface area (Å²) < 4.78 is 5.77. The van der Waals surface area contributed by atoms with Crippen LogP contribution in [-0.4, -0.2) is 42.9 Å². The largest absolute Gasteiger partial charge is 0.370 e. The van der Waals surface area contributed by atoms with Crippen LogP contribution in [0.1, 0.15) is 10.4 Å². The lowest BCUT2D eigenvalue weighted by Crippen LogP contribution is -2.44. The fraction of sp³-hybridized carbons (Fsp3) is 0.333. The molecule has 0 atom stereocenters. The van der Waals surface area contributed by atoms with Crippen molar-refractivity contribution in [1.82, 2.24) is 4.90 Å². The normalized spacial score (nSPS) is 16.1. The summed E-state index contributed by atoms with van der Waals surface area (Å²) in [5.41, 5.74) is 0.604. The van der Waals surface area contributed by atoms with Crippen molar-refractivity contribution in [1.29, 1.82) is 0 Å². The molecular weight excluding hydrogens is 286 g/mol. The van der Waals surface area contributed by atoms with E-state index < -0.39 is 0 Å². The van der Waals surface area contributed by atoms with Crippen molar-refractivity contribution in [3.63, 3.8) is 0 Å². The van der Waals surface area contributed by atoms with Gasteiger partial charge in [0, 0.05) is 16.6 Å². The zero-order valence-corrected chi connectivity index (χ0v) is 10.8. The Morgan fingerprint density at radius 1 is 1.41 bits per heavy atom. The highest BCUT2D eigenvalue weighted by Crippen LogP contribution is 2.17. The molecule has 1 saturated heterocycles. The maximum absolute atomic E-state index is 12.0. The number of Topliss-reactive ketones (excluding diaryl/α,β-unsaturated/α-hetero) is 1. The molecule has 1 heterocycles. The summed E-state index contributed by atoms with van der Waals surface area (Å²) >= 11 is 3.33. The third-order valence-electron chi connectivity index (χ3n) is 2.59. The molecule has 0 saturated carbocycles. The predicted molar refractivity (Wildman–Crippen MR) is 65.9 cm³/mol. The van der Waals surface area contributed by atoms with Gasteiger partial charge in [0.2, 0.25) is 5.91 Å². The minimum absolute atomic E-state index is 0.0623. The molecule has 1 aliphatic rings. The molecule has 90 valence electrons. The second-order valence-corrected chi connectivity index (χ2v) is 4.63. The molecule has 4 nitrogen and oxygen atoms in total. The van der Waals surface area contributed by atoms with Crippen molar-refractivity contribution in [2.45, 2.75) is 0 Å². The molecule has 1 amide bonds. The minimum atomic E-state index is -0.128. The Balaban J connectivity index is 2.06. The lowest BCUT2D eigenvalue weighted by Gasteiger charge is -2.26. The van der Waals surface area contributed by atoms with E-state index in [0.29, 0.717) is 18.7 Å². The number of benzene rings is 1. The first-order valence-corrected chi connectivity index (χ1v) is 6.11. The Labute approximate surface area is 108 Å². The third kappa shape index (κ3) is 2.92. The summed E-state index contributed by atoms with van der Waals surface area (Å²) in [6, 6.07) is 7.21. The van der Waals surface area contributed by atoms with Gasteiger partial charge in [-0.05, 0) is 6.07 Å². The number of hydrogen-bond donors (Lipinski definition) is 0. The van der Waals surface area contributed by atoms with Gasteiger partial charge in [-0.25, -0.2) is 0 Å². The number of ether oxygens (including phenoxy) is 1. The lowest BCUT2D eigenvalue weighted by molar-refractivity contribution is -0.141. The summed E-state index contributed by atoms with van der Waals surface area (Å²) in [6.45, 7) is 1.16. The molecule has 1 fully saturated rings. The third-order valence-corrected chi connectivity index (χ3v) is 3.28. The number of rotatable bonds is 3. The van der Waals surface area contributed by atoms with Crippen LogP contribution in [0, 0.1) is 0 Å². The zero-order chi connectivity index (χ0) is 12.3. The number of nitrogens with zero attached hydrogens (tertiary/aromatic N) is 1. The first-order valence-electron chi connectivity index (χ1n) is 5.32. The van der Waals surface area contributed by atoms with Gasteiger partial charge < -0.3 is 9.64 Å². The van der Waals surface area contributed by atoms with Crippen LogP contribution in [0.15, 0.2) is 28.7 Å². The number of morpholine rings is 1. The van der Waals surface area contributed by atoms with Crippen LogP contribution in [0.5, 0.6) is 0 Å². The zero-order valence-electron chi connectivity index (χ0n) is 9.19. The fourth-order valence-corrected chi connectivity index (χ4v) is 2.17. The second-order valence-electron chi connectivity index (χ2n) is 3.77. The highest BCUT2D eigenvalue weighted by Gasteiger charge is 2.22. The van der Waals surface area contributed by atoms with E-state index in [1.54, 1.807) is 12.1 Å². The van der Waals surface area contributed by atoms with Gasteiger partial charge in [0.1, 0.15) is 6.61 Å². The van der Waals surface area contributed by atoms with Crippen LogP contribution in [0.3, 0.4) is 0 Å². The molecule has 17 heavy (non-hydrogen) atoms. The second kappa shape index (κ2) is 5.42. The highest BCUT2D eigenvalue weighted by atomic mass is 79.9. The van der Waals surface area contributed by atoms with Crippen LogP contribution in [0.2, 0.25) is 0 Å². The molecule has 0 radical (unpaired) electrons. The van der Waals surface area contributed by atoms with Gasteiger partial charge in [0.05, 0.1) is 13.2 Å². The van der Waals surface area contributed by atoms with Crippen LogP contribution in [0.4, 0.5) is 0 Å². The van der Waals surface area contributed by atoms with Gasteiger partial charge in [0.25, 0.3) is 0 Å². The predicted octanol–water partition coefficient (Wildman–Crippen LogP) is 1.49. The maximum Gasteiger partial charge on any atom is 0.249 e. The Morgan fingerprint density at radius 3 is 2.88 bits per heavy atom. The van der Waals surface area contributed by atoms with Crippen molar-refractivity contribution in [3.8, 4) is 0 Å². The van der Waals surface area contributed by atoms with Crippen LogP contribution in [0.25, 0.3) is 0 Å². The SMILES string of the molecule is O=C(CN1CCOCC1=O)c1ccccc1Br. The smallest absolute Gasteiger partial charge is 0.249 e. The van der Waals surface area contributed by atoms with E-state index in [9.17, 15) is 9.59 Å². The molecule has 0 aliphatic carbocycles. The van der Waals surface area contributed by atoms with Crippen molar-refractivity contribution in [2.24, 2.45) is 0 Å². The molecular formula is C12H12BrNO3. The van der Waals surface area contributed by atoms with Gasteiger partial charge >= 0.3 is 0 Å². The lowest BCUT2D eigenvalue weighted by atomic mass is 10.1. The summed E-state index contributed by atoms with van der Waals surface area (Å²) in [4.78, 5) is 25.0. The van der Waals surface area contributed by atoms with Crippen molar-refractivity contribution in [3.05, 3.63) is 34.3 Å². The Morgan fingerprint density at radius 2 is 2.18 bits per heavy atom. The Bertz CT molecular complexity index is 447. The van der Waals surface area contributed by atoms with E-state index in [4.69, 9.17) is 4.74 Å². The highest BCUT2D eigenvalue weighted by molar-refractivity contribution is 9.10. The van der Waals surface area contributed by atoms with Gasteiger partial charge in [-0.1, -0.05) is 34.1 Å². The fourth-order valence-electron chi connectivity index (χ4n) is 1.66. The number of carbonyl (C=O) groups is 2. The van der Waals surface area contributed by atoms with E-state index in [1.165, 1.54) is 4.90 Å². The quantitative estimate of drug-likeness (QED) is 0.794. The van der Waals surface area contributed by atoms with Crippen LogP contribution in [-0.2, 0) is 9.53 Å². The maximum atomic E-state index is 12.0. The molecule has 2 rings (SSSR count). The molecule has 1 aromatic carbocycles. The van der Waals surface area contributed by atoms with Gasteiger partial charge in [-0.15, -0.1) is 0 Å². The standard InChI is InChI=1S/C12H12BrNO3/c13-10-4-2-1-3-9(10)11(15)7-14-5-6-17-8-12(14)16/h1-4H,5-8H2. The molecule has 0 bridgehead atoms. The van der Waals surface area contributed by atoms with E-state index in [0.717, 1.165) is 4.47 Å². The number of carbonyl (C=O) groups excluding carboxylic acids is 2. The Hall–Kier alpha value is -1.20. The molecule has 0 spiro atoms. The van der Waals surface area contributed by atoms with E-state index in [2.05, 4.69) is 15.9 Å². The van der Waals surface area contributed by atoms with Crippen molar-refractivity contribution >= 4 is 27.6 Å². The average molecular weight is 298 g/mol. The van der Waals surface area contributed by atoms with Gasteiger partial charge in [-0.3, -0.25) is 9.59 Å². The van der Waals surface area contributed by atoms with Gasteiger partial charge in [0.15, 0.2) is 5.78 Å². The molecule has 0 N–H and O–H groups in total. The topological polar surface area (TPSA) is 46.6 Å². The molecule has 0 aromatic heterocycles. The molecule has 1 aliphatic heterocycles. The average Bonchev–Trinajstić information content (AvgIpc) is 2.32. The Kier molecular flexibility index (Phi) is 3.91. The first kappa shape index (κ1) is 12.3. The summed E-state index contributed by atoms with van der Waals surface area (Å²) in [5, 5.41) is 0. The monoisotopic (exact) mass is 297 g/mol. The summed E-state index contributed by atoms with van der Waals surface area (Å²) in [7, 11) is 0. The van der Waals surface area contributed by atoms with Crippen molar-refractivity contribution < 1.29 is 14.3 Å². The van der Waals surface area contributed by atoms with Gasteiger partial charge in [-0.2, -0.15) is 0 Å². The summed E-state index contributed by atoms with van der Waals surface area (Å²) in [6.07, 6.45) is 0. The van der Waals surface area contributed by atoms with Crippen LogP contribution < -0.4 is 0 Å². The van der Waals surface area contributed by atoms with Crippen LogP contribution >= 0.6 is 15.9 Å². The number of hydrogen-bond acceptors (Lipinski definition) is 3. The number of ketones is 1. The summed E-state index contributed by atoms with van der Waals surface area (Å²) in [5.74, 6) is -0.190. The van der Waals surface area contributed by atoms with E-state index >= 15 is 0 Å². The molecule has 5 heteroatoms. The number of amides is 1. The molecule has 0 unspecified atom stereocenters. The van der Waals surface area contributed by atoms with Crippen molar-refractivity contribution in [2.75, 3.05) is 26.3 Å². The minimum Gasteiger partial charge on any atom is -0.370 e. The van der Waals surface area contributed by atoms with E-state index in [1.807, 2.05) is 12.1 Å². The first-order chi connectivity index (χ1) is 8.18. The molecule has 1 aromatic rings. The van der Waals surface area contributed by atoms with E-state index in [-0.39, 0.29) is 24.8 Å². The number of halogens is 1.